The molecule has 2 aromatic carbocycles. The minimum atomic E-state index is -0.698. The van der Waals surface area contributed by atoms with E-state index >= 15 is 0 Å². The fraction of sp³-hybridized carbons (Fsp3) is 0.625. The Kier molecular flexibility index (Phi) is 11.6. The van der Waals surface area contributed by atoms with Crippen molar-refractivity contribution < 1.29 is 39.4 Å². The van der Waals surface area contributed by atoms with Gasteiger partial charge in [0, 0.05) is 24.0 Å². The summed E-state index contributed by atoms with van der Waals surface area (Å²) < 4.78 is 24.7. The van der Waals surface area contributed by atoms with Gasteiger partial charge >= 0.3 is 0 Å². The zero-order valence-electron chi connectivity index (χ0n) is 23.7. The Bertz CT molecular complexity index is 1030. The van der Waals surface area contributed by atoms with Crippen LogP contribution in [0.25, 0.3) is 0 Å². The quantitative estimate of drug-likeness (QED) is 0.236. The maximum absolute atomic E-state index is 10.9. The van der Waals surface area contributed by atoms with Gasteiger partial charge in [-0.2, -0.15) is 0 Å². The molecule has 7 unspecified atom stereocenters. The summed E-state index contributed by atoms with van der Waals surface area (Å²) >= 11 is 0. The molecule has 4 N–H and O–H groups in total. The van der Waals surface area contributed by atoms with Crippen molar-refractivity contribution in [3.63, 3.8) is 0 Å². The van der Waals surface area contributed by atoms with E-state index in [0.717, 1.165) is 38.5 Å². The number of ether oxygens (including phenoxy) is 4. The van der Waals surface area contributed by atoms with Crippen molar-refractivity contribution in [3.05, 3.63) is 59.7 Å². The predicted molar refractivity (Wildman–Crippen MR) is 151 cm³/mol. The molecule has 0 saturated carbocycles. The summed E-state index contributed by atoms with van der Waals surface area (Å²) in [4.78, 5) is 0. The van der Waals surface area contributed by atoms with Crippen LogP contribution in [0, 0.1) is 0 Å². The van der Waals surface area contributed by atoms with E-state index in [1.54, 1.807) is 37.3 Å². The van der Waals surface area contributed by atoms with E-state index in [9.17, 15) is 20.4 Å². The van der Waals surface area contributed by atoms with E-state index < -0.39 is 18.7 Å². The molecular weight excluding hydrogens is 512 g/mol. The highest BCUT2D eigenvalue weighted by Crippen LogP contribution is 2.38. The third kappa shape index (κ3) is 8.90. The molecule has 0 spiro atoms. The van der Waals surface area contributed by atoms with E-state index in [1.807, 2.05) is 18.2 Å². The van der Waals surface area contributed by atoms with Crippen molar-refractivity contribution in [1.29, 1.82) is 0 Å². The Hall–Kier alpha value is -2.20. The molecule has 222 valence electrons. The SMILES string of the molecule is CCC1CC(CCCC(O)CC2CC(CCC[C@H](C)O)OC(c3ccccc3O)O2)OC(c2ccccc2O)O1. The van der Waals surface area contributed by atoms with E-state index in [-0.39, 0.29) is 42.0 Å². The molecule has 0 aromatic heterocycles. The van der Waals surface area contributed by atoms with Crippen LogP contribution in [-0.4, -0.2) is 57.0 Å². The first-order chi connectivity index (χ1) is 19.3. The summed E-state index contributed by atoms with van der Waals surface area (Å²) in [5.41, 5.74) is 1.23. The predicted octanol–water partition coefficient (Wildman–Crippen LogP) is 6.03. The molecule has 4 rings (SSSR count). The molecule has 8 heteroatoms. The highest BCUT2D eigenvalue weighted by Gasteiger charge is 2.34. The molecular formula is C32H46O8. The topological polar surface area (TPSA) is 118 Å². The molecule has 2 aliphatic heterocycles. The van der Waals surface area contributed by atoms with Gasteiger partial charge in [-0.15, -0.1) is 0 Å². The lowest BCUT2D eigenvalue weighted by Crippen LogP contribution is -2.36. The molecule has 40 heavy (non-hydrogen) atoms. The number of aliphatic hydroxyl groups is 2. The molecule has 8 nitrogen and oxygen atoms in total. The average Bonchev–Trinajstić information content (AvgIpc) is 2.93. The standard InChI is InChI=1S/C32H46O8/c1-3-23-19-24(38-31(37-23)27-14-4-6-16-29(27)35)13-9-11-22(34)18-26-20-25(12-8-10-21(2)33)39-32(40-26)28-15-5-7-17-30(28)36/h4-7,14-17,21-26,31-36H,3,8-13,18-20H2,1-2H3/t21-,22?,23?,24?,25?,26?,31?,32?/m0/s1. The first-order valence-electron chi connectivity index (χ1n) is 14.9. The number of hydrogen-bond donors (Lipinski definition) is 4. The lowest BCUT2D eigenvalue weighted by Gasteiger charge is -2.37. The van der Waals surface area contributed by atoms with E-state index in [0.29, 0.717) is 36.8 Å². The Morgan fingerprint density at radius 2 is 1.18 bits per heavy atom. The van der Waals surface area contributed by atoms with Gasteiger partial charge in [0.25, 0.3) is 0 Å². The Balaban J connectivity index is 1.30. The minimum absolute atomic E-state index is 0.0152. The Morgan fingerprint density at radius 3 is 1.70 bits per heavy atom. The second kappa shape index (κ2) is 15.1. The number of aliphatic hydroxyl groups excluding tert-OH is 2. The van der Waals surface area contributed by atoms with Gasteiger partial charge in [-0.05, 0) is 70.4 Å². The van der Waals surface area contributed by atoms with E-state index in [1.165, 1.54) is 0 Å². The maximum Gasteiger partial charge on any atom is 0.188 e. The van der Waals surface area contributed by atoms with Crippen LogP contribution in [-0.2, 0) is 18.9 Å². The summed E-state index contributed by atoms with van der Waals surface area (Å²) in [6.45, 7) is 3.88. The Morgan fingerprint density at radius 1 is 0.700 bits per heavy atom. The number of phenolic OH excluding ortho intramolecular Hbond substituents is 2. The fourth-order valence-corrected chi connectivity index (χ4v) is 5.67. The van der Waals surface area contributed by atoms with Crippen LogP contribution >= 0.6 is 0 Å². The fourth-order valence-electron chi connectivity index (χ4n) is 5.67. The lowest BCUT2D eigenvalue weighted by molar-refractivity contribution is -0.254. The van der Waals surface area contributed by atoms with Crippen LogP contribution in [0.3, 0.4) is 0 Å². The molecule has 2 fully saturated rings. The van der Waals surface area contributed by atoms with Gasteiger partial charge in [-0.1, -0.05) is 43.3 Å². The van der Waals surface area contributed by atoms with Crippen LogP contribution in [0.4, 0.5) is 0 Å². The second-order valence-electron chi connectivity index (χ2n) is 11.3. The van der Waals surface area contributed by atoms with Crippen LogP contribution in [0.5, 0.6) is 11.5 Å². The molecule has 2 heterocycles. The smallest absolute Gasteiger partial charge is 0.188 e. The van der Waals surface area contributed by atoms with Gasteiger partial charge in [0.05, 0.1) is 36.6 Å². The molecule has 2 aromatic rings. The normalized spacial score (nSPS) is 28.7. The number of rotatable bonds is 13. The molecule has 0 aliphatic carbocycles. The molecule has 8 atom stereocenters. The molecule has 2 aliphatic rings. The lowest BCUT2D eigenvalue weighted by atomic mass is 9.96. The van der Waals surface area contributed by atoms with E-state index in [4.69, 9.17) is 18.9 Å². The number of aromatic hydroxyl groups is 2. The van der Waals surface area contributed by atoms with Gasteiger partial charge in [0.15, 0.2) is 12.6 Å². The second-order valence-corrected chi connectivity index (χ2v) is 11.3. The molecule has 0 bridgehead atoms. The van der Waals surface area contributed by atoms with Gasteiger partial charge in [0.1, 0.15) is 11.5 Å². The van der Waals surface area contributed by atoms with Crippen molar-refractivity contribution in [2.75, 3.05) is 0 Å². The highest BCUT2D eigenvalue weighted by molar-refractivity contribution is 5.33. The third-order valence-electron chi connectivity index (χ3n) is 7.90. The first kappa shape index (κ1) is 30.8. The summed E-state index contributed by atoms with van der Waals surface area (Å²) in [5, 5.41) is 41.2. The summed E-state index contributed by atoms with van der Waals surface area (Å²) in [7, 11) is 0. The summed E-state index contributed by atoms with van der Waals surface area (Å²) in [5.74, 6) is 0.293. The third-order valence-corrected chi connectivity index (χ3v) is 7.90. The molecule has 0 amide bonds. The van der Waals surface area contributed by atoms with Crippen molar-refractivity contribution in [1.82, 2.24) is 0 Å². The van der Waals surface area contributed by atoms with E-state index in [2.05, 4.69) is 6.92 Å². The average molecular weight is 559 g/mol. The minimum Gasteiger partial charge on any atom is -0.507 e. The summed E-state index contributed by atoms with van der Waals surface area (Å²) in [6.07, 6.45) is 4.87. The van der Waals surface area contributed by atoms with Gasteiger partial charge in [0.2, 0.25) is 0 Å². The van der Waals surface area contributed by atoms with Crippen LogP contribution < -0.4 is 0 Å². The van der Waals surface area contributed by atoms with Gasteiger partial charge in [-0.3, -0.25) is 0 Å². The largest absolute Gasteiger partial charge is 0.507 e. The number of benzene rings is 2. The zero-order chi connectivity index (χ0) is 28.5. The maximum atomic E-state index is 10.9. The van der Waals surface area contributed by atoms with Crippen molar-refractivity contribution >= 4 is 0 Å². The van der Waals surface area contributed by atoms with Crippen molar-refractivity contribution in [2.24, 2.45) is 0 Å². The highest BCUT2D eigenvalue weighted by atomic mass is 16.7. The Labute approximate surface area is 237 Å². The van der Waals surface area contributed by atoms with Crippen LogP contribution in [0.15, 0.2) is 48.5 Å². The van der Waals surface area contributed by atoms with Crippen LogP contribution in [0.1, 0.15) is 102 Å². The van der Waals surface area contributed by atoms with Gasteiger partial charge < -0.3 is 39.4 Å². The number of para-hydroxylation sites is 2. The monoisotopic (exact) mass is 558 g/mol. The number of phenols is 2. The van der Waals surface area contributed by atoms with Crippen molar-refractivity contribution in [2.45, 2.75) is 127 Å². The molecule has 2 saturated heterocycles. The van der Waals surface area contributed by atoms with Crippen molar-refractivity contribution in [3.8, 4) is 11.5 Å². The zero-order valence-corrected chi connectivity index (χ0v) is 23.7. The van der Waals surface area contributed by atoms with Crippen LogP contribution in [0.2, 0.25) is 0 Å². The molecule has 0 radical (unpaired) electrons. The first-order valence-corrected chi connectivity index (χ1v) is 14.9. The van der Waals surface area contributed by atoms with Gasteiger partial charge in [-0.25, -0.2) is 0 Å². The number of hydrogen-bond acceptors (Lipinski definition) is 8. The summed E-state index contributed by atoms with van der Waals surface area (Å²) in [6, 6.07) is 14.1.